The average Bonchev–Trinajstić information content (AvgIpc) is 3.47. The van der Waals surface area contributed by atoms with Crippen LogP contribution >= 0.6 is 0 Å². The zero-order valence-electron chi connectivity index (χ0n) is 19.2. The maximum Gasteiger partial charge on any atom is 0.295 e. The molecule has 0 aliphatic carbocycles. The van der Waals surface area contributed by atoms with E-state index in [1.165, 1.54) is 12.0 Å². The number of aromatic amines is 1. The number of ketones is 1. The molecule has 1 atom stereocenters. The Morgan fingerprint density at radius 3 is 2.62 bits per heavy atom. The van der Waals surface area contributed by atoms with Crippen molar-refractivity contribution in [3.8, 4) is 11.5 Å². The van der Waals surface area contributed by atoms with E-state index in [1.807, 2.05) is 36.3 Å². The van der Waals surface area contributed by atoms with E-state index in [0.717, 1.165) is 0 Å². The van der Waals surface area contributed by atoms with E-state index in [0.29, 0.717) is 48.7 Å². The fourth-order valence-electron chi connectivity index (χ4n) is 4.22. The molecule has 2 aromatic carbocycles. The van der Waals surface area contributed by atoms with E-state index < -0.39 is 17.7 Å². The van der Waals surface area contributed by atoms with Gasteiger partial charge in [0.15, 0.2) is 11.5 Å². The molecule has 0 bridgehead atoms. The van der Waals surface area contributed by atoms with E-state index in [4.69, 9.17) is 9.47 Å². The number of carbonyl (C=O) groups is 2. The van der Waals surface area contributed by atoms with E-state index in [-0.39, 0.29) is 11.3 Å². The molecule has 4 rings (SSSR count). The number of nitrogens with zero attached hydrogens (tertiary/aromatic N) is 2. The number of imidazole rings is 1. The number of aryl methyl sites for hydroxylation is 1. The molecule has 1 aliphatic heterocycles. The number of methoxy groups -OCH3 is 1. The van der Waals surface area contributed by atoms with Gasteiger partial charge in [0.2, 0.25) is 6.33 Å². The van der Waals surface area contributed by atoms with Crippen LogP contribution in [-0.2, 0) is 16.1 Å². The summed E-state index contributed by atoms with van der Waals surface area (Å²) in [5, 5.41) is 11.1. The van der Waals surface area contributed by atoms with Crippen molar-refractivity contribution in [1.29, 1.82) is 0 Å². The molecule has 1 amide bonds. The number of ether oxygens (including phenoxy) is 2. The molecule has 3 aromatic rings. The Morgan fingerprint density at radius 2 is 1.94 bits per heavy atom. The van der Waals surface area contributed by atoms with E-state index in [2.05, 4.69) is 4.98 Å². The molecule has 2 N–H and O–H groups in total. The summed E-state index contributed by atoms with van der Waals surface area (Å²) in [5.74, 6) is -0.465. The average molecular weight is 463 g/mol. The van der Waals surface area contributed by atoms with Gasteiger partial charge < -0.3 is 19.5 Å². The third kappa shape index (κ3) is 4.52. The van der Waals surface area contributed by atoms with Crippen LogP contribution in [0, 0.1) is 0 Å². The Balaban J connectivity index is 1.76. The number of likely N-dealkylation sites (tertiary alicyclic amines) is 1. The van der Waals surface area contributed by atoms with Gasteiger partial charge in [0.25, 0.3) is 11.7 Å². The van der Waals surface area contributed by atoms with Crippen molar-refractivity contribution in [2.45, 2.75) is 25.9 Å². The third-order valence-corrected chi connectivity index (χ3v) is 5.81. The highest BCUT2D eigenvalue weighted by Gasteiger charge is 2.46. The zero-order valence-corrected chi connectivity index (χ0v) is 19.2. The molecule has 8 nitrogen and oxygen atoms in total. The van der Waals surface area contributed by atoms with Gasteiger partial charge in [-0.05, 0) is 24.6 Å². The molecule has 1 unspecified atom stereocenters. The van der Waals surface area contributed by atoms with Crippen molar-refractivity contribution < 1.29 is 28.7 Å². The molecule has 1 fully saturated rings. The van der Waals surface area contributed by atoms with Gasteiger partial charge in [0.1, 0.15) is 18.2 Å². The minimum absolute atomic E-state index is 0.0664. The van der Waals surface area contributed by atoms with Crippen LogP contribution in [0.1, 0.15) is 30.5 Å². The molecule has 1 saturated heterocycles. The van der Waals surface area contributed by atoms with Crippen LogP contribution in [0.4, 0.5) is 0 Å². The van der Waals surface area contributed by atoms with Crippen LogP contribution in [0.25, 0.3) is 5.76 Å². The molecule has 1 aliphatic rings. The van der Waals surface area contributed by atoms with E-state index >= 15 is 0 Å². The van der Waals surface area contributed by atoms with Gasteiger partial charge in [0.05, 0.1) is 31.9 Å². The molecule has 0 saturated carbocycles. The topological polar surface area (TPSA) is 95.7 Å². The maximum atomic E-state index is 13.2. The lowest BCUT2D eigenvalue weighted by molar-refractivity contribution is -0.695. The molecule has 8 heteroatoms. The van der Waals surface area contributed by atoms with Gasteiger partial charge >= 0.3 is 0 Å². The number of Topliss-reactive ketones (excluding diaryl/α,β-unsaturated/α-hetero) is 1. The van der Waals surface area contributed by atoms with Gasteiger partial charge in [-0.2, -0.15) is 0 Å². The number of benzene rings is 2. The molecule has 176 valence electrons. The first-order valence-corrected chi connectivity index (χ1v) is 11.2. The molecule has 0 radical (unpaired) electrons. The number of aliphatic hydroxyl groups is 1. The molecular weight excluding hydrogens is 434 g/mol. The molecule has 2 heterocycles. The van der Waals surface area contributed by atoms with Crippen molar-refractivity contribution >= 4 is 17.4 Å². The van der Waals surface area contributed by atoms with Crippen molar-refractivity contribution in [2.24, 2.45) is 0 Å². The van der Waals surface area contributed by atoms with E-state index in [1.54, 1.807) is 42.5 Å². The number of nitrogens with one attached hydrogen (secondary N) is 1. The highest BCUT2D eigenvalue weighted by atomic mass is 16.5. The van der Waals surface area contributed by atoms with Crippen molar-refractivity contribution in [3.05, 3.63) is 84.0 Å². The molecule has 34 heavy (non-hydrogen) atoms. The van der Waals surface area contributed by atoms with Crippen molar-refractivity contribution in [1.82, 2.24) is 9.88 Å². The Kier molecular flexibility index (Phi) is 6.96. The minimum Gasteiger partial charge on any atom is -0.507 e. The SMILES string of the molecule is CCOc1ccc(C2/C(=C(\O)c3ccccc3)C(=O)C(=O)N2CCC[n+]2cc[nH]c2)cc1OC. The maximum absolute atomic E-state index is 13.2. The van der Waals surface area contributed by atoms with Crippen LogP contribution < -0.4 is 14.0 Å². The second kappa shape index (κ2) is 10.2. The second-order valence-corrected chi connectivity index (χ2v) is 7.90. The van der Waals surface area contributed by atoms with Crippen LogP contribution in [0.15, 0.2) is 72.8 Å². The number of aliphatic hydroxyl groups excluding tert-OH is 1. The summed E-state index contributed by atoms with van der Waals surface area (Å²) >= 11 is 0. The number of amides is 1. The first kappa shape index (κ1) is 23.1. The lowest BCUT2D eigenvalue weighted by Crippen LogP contribution is -2.36. The van der Waals surface area contributed by atoms with Gasteiger partial charge in [-0.1, -0.05) is 36.4 Å². The normalized spacial score (nSPS) is 17.2. The number of aromatic nitrogens is 2. The Labute approximate surface area is 198 Å². The Morgan fingerprint density at radius 1 is 1.15 bits per heavy atom. The summed E-state index contributed by atoms with van der Waals surface area (Å²) in [6.07, 6.45) is 6.18. The highest BCUT2D eigenvalue weighted by Crippen LogP contribution is 2.42. The van der Waals surface area contributed by atoms with Crippen LogP contribution in [-0.4, -0.2) is 46.9 Å². The predicted molar refractivity (Wildman–Crippen MR) is 125 cm³/mol. The minimum atomic E-state index is -0.749. The largest absolute Gasteiger partial charge is 0.507 e. The number of hydrogen-bond acceptors (Lipinski definition) is 5. The first-order chi connectivity index (χ1) is 16.5. The van der Waals surface area contributed by atoms with Gasteiger partial charge in [-0.15, -0.1) is 0 Å². The monoisotopic (exact) mass is 462 g/mol. The summed E-state index contributed by atoms with van der Waals surface area (Å²) in [5.41, 5.74) is 1.20. The van der Waals surface area contributed by atoms with Crippen LogP contribution in [0.3, 0.4) is 0 Å². The van der Waals surface area contributed by atoms with Gasteiger partial charge in [0, 0.05) is 18.5 Å². The molecular formula is C26H28N3O5+. The number of H-pyrrole nitrogens is 1. The Hall–Kier alpha value is -4.07. The number of carbonyl (C=O) groups excluding carboxylic acids is 2. The second-order valence-electron chi connectivity index (χ2n) is 7.90. The van der Waals surface area contributed by atoms with Crippen molar-refractivity contribution in [2.75, 3.05) is 20.3 Å². The third-order valence-electron chi connectivity index (χ3n) is 5.81. The summed E-state index contributed by atoms with van der Waals surface area (Å²) in [6.45, 7) is 3.36. The van der Waals surface area contributed by atoms with Gasteiger partial charge in [-0.3, -0.25) is 14.6 Å². The highest BCUT2D eigenvalue weighted by molar-refractivity contribution is 6.46. The lowest BCUT2D eigenvalue weighted by atomic mass is 9.95. The van der Waals surface area contributed by atoms with Crippen molar-refractivity contribution in [3.63, 3.8) is 0 Å². The fraction of sp³-hybridized carbons (Fsp3) is 0.269. The zero-order chi connectivity index (χ0) is 24.1. The lowest BCUT2D eigenvalue weighted by Gasteiger charge is -2.26. The first-order valence-electron chi connectivity index (χ1n) is 11.2. The predicted octanol–water partition coefficient (Wildman–Crippen LogP) is 3.22. The summed E-state index contributed by atoms with van der Waals surface area (Å²) in [7, 11) is 1.54. The quantitative estimate of drug-likeness (QED) is 0.220. The molecule has 1 aromatic heterocycles. The summed E-state index contributed by atoms with van der Waals surface area (Å²) < 4.78 is 13.1. The summed E-state index contributed by atoms with van der Waals surface area (Å²) in [4.78, 5) is 30.8. The fourth-order valence-corrected chi connectivity index (χ4v) is 4.22. The Bertz CT molecular complexity index is 1190. The summed E-state index contributed by atoms with van der Waals surface area (Å²) in [6, 6.07) is 13.4. The standard InChI is InChI=1S/C26H27N3O5/c1-3-34-20-11-10-19(16-21(20)33-2)23-22(24(30)18-8-5-4-6-9-18)25(31)26(32)29(23)14-7-13-28-15-12-27-17-28/h4-6,8-12,15-17,23H,3,7,13-14H2,1-2H3,(H,30,31)/p+1. The van der Waals surface area contributed by atoms with Gasteiger partial charge in [-0.25, -0.2) is 4.57 Å². The van der Waals surface area contributed by atoms with Crippen LogP contribution in [0.2, 0.25) is 0 Å². The van der Waals surface area contributed by atoms with Crippen LogP contribution in [0.5, 0.6) is 11.5 Å². The molecule has 0 spiro atoms. The number of hydrogen-bond donors (Lipinski definition) is 2. The number of rotatable bonds is 9. The van der Waals surface area contributed by atoms with E-state index in [9.17, 15) is 14.7 Å². The smallest absolute Gasteiger partial charge is 0.295 e.